The van der Waals surface area contributed by atoms with E-state index in [0.29, 0.717) is 6.04 Å². The van der Waals surface area contributed by atoms with E-state index in [1.54, 1.807) is 4.90 Å². The van der Waals surface area contributed by atoms with E-state index >= 15 is 0 Å². The number of anilines is 1. The Balaban J connectivity index is 1.31. The number of aryl methyl sites for hydroxylation is 1. The van der Waals surface area contributed by atoms with E-state index in [9.17, 15) is 0 Å². The van der Waals surface area contributed by atoms with E-state index in [-0.39, 0.29) is 0 Å². The molecule has 0 aromatic heterocycles. The summed E-state index contributed by atoms with van der Waals surface area (Å²) >= 11 is 5.58. The van der Waals surface area contributed by atoms with E-state index < -0.39 is 0 Å². The third kappa shape index (κ3) is 4.50. The van der Waals surface area contributed by atoms with Crippen molar-refractivity contribution >= 4 is 23.0 Å². The molecule has 2 atom stereocenters. The molecule has 0 aliphatic carbocycles. The number of piperidine rings is 1. The van der Waals surface area contributed by atoms with Gasteiger partial charge in [-0.15, -0.1) is 0 Å². The zero-order valence-corrected chi connectivity index (χ0v) is 16.9. The highest BCUT2D eigenvalue weighted by Crippen LogP contribution is 2.23. The van der Waals surface area contributed by atoms with Gasteiger partial charge in [-0.3, -0.25) is 0 Å². The predicted molar refractivity (Wildman–Crippen MR) is 116 cm³/mol. The molecule has 2 aromatic carbocycles. The van der Waals surface area contributed by atoms with Crippen molar-refractivity contribution < 1.29 is 4.90 Å². The van der Waals surface area contributed by atoms with Gasteiger partial charge in [0.25, 0.3) is 0 Å². The molecule has 27 heavy (non-hydrogen) atoms. The molecule has 0 spiro atoms. The quantitative estimate of drug-likeness (QED) is 0.695. The average molecular weight is 381 g/mol. The van der Waals surface area contributed by atoms with Crippen LogP contribution in [0.4, 0.5) is 5.69 Å². The summed E-state index contributed by atoms with van der Waals surface area (Å²) in [6, 6.07) is 21.5. The SMILES string of the molecule is CCc1ccc(NC(=S)NC2C[C@H]3CC[C@H](C2)[NH+]3Cc2ccccc2)cc1. The fraction of sp³-hybridized carbons (Fsp3) is 0.435. The maximum Gasteiger partial charge on any atom is 0.171 e. The van der Waals surface area contributed by atoms with Crippen LogP contribution in [-0.2, 0) is 13.0 Å². The first kappa shape index (κ1) is 18.5. The van der Waals surface area contributed by atoms with Crippen molar-refractivity contribution in [1.82, 2.24) is 5.32 Å². The van der Waals surface area contributed by atoms with Crippen LogP contribution in [0.3, 0.4) is 0 Å². The molecule has 4 rings (SSSR count). The topological polar surface area (TPSA) is 28.5 Å². The van der Waals surface area contributed by atoms with Gasteiger partial charge in [-0.2, -0.15) is 0 Å². The van der Waals surface area contributed by atoms with E-state index in [0.717, 1.165) is 35.8 Å². The Hall–Kier alpha value is -1.91. The minimum Gasteiger partial charge on any atom is -0.359 e. The summed E-state index contributed by atoms with van der Waals surface area (Å²) in [5, 5.41) is 7.70. The van der Waals surface area contributed by atoms with Gasteiger partial charge in [-0.25, -0.2) is 0 Å². The van der Waals surface area contributed by atoms with Crippen molar-refractivity contribution in [1.29, 1.82) is 0 Å². The lowest BCUT2D eigenvalue weighted by Crippen LogP contribution is -3.17. The van der Waals surface area contributed by atoms with Crippen LogP contribution in [0.15, 0.2) is 54.6 Å². The number of hydrogen-bond acceptors (Lipinski definition) is 1. The van der Waals surface area contributed by atoms with Gasteiger partial charge in [-0.1, -0.05) is 49.4 Å². The Bertz CT molecular complexity index is 745. The summed E-state index contributed by atoms with van der Waals surface area (Å²) in [7, 11) is 0. The molecule has 3 N–H and O–H groups in total. The maximum absolute atomic E-state index is 5.58. The Labute approximate surface area is 168 Å². The molecule has 2 heterocycles. The molecule has 2 saturated heterocycles. The number of thiocarbonyl (C=S) groups is 1. The van der Waals surface area contributed by atoms with Gasteiger partial charge < -0.3 is 15.5 Å². The highest BCUT2D eigenvalue weighted by molar-refractivity contribution is 7.80. The Morgan fingerprint density at radius 2 is 1.63 bits per heavy atom. The van der Waals surface area contributed by atoms with Gasteiger partial charge in [-0.05, 0) is 36.3 Å². The summed E-state index contributed by atoms with van der Waals surface area (Å²) in [6.07, 6.45) is 6.20. The van der Waals surface area contributed by atoms with Crippen molar-refractivity contribution in [3.8, 4) is 0 Å². The van der Waals surface area contributed by atoms with E-state index in [4.69, 9.17) is 12.2 Å². The van der Waals surface area contributed by atoms with Gasteiger partial charge in [0, 0.05) is 43.0 Å². The molecular formula is C23H30N3S+. The molecule has 2 aromatic rings. The van der Waals surface area contributed by atoms with Crippen LogP contribution in [0.2, 0.25) is 0 Å². The highest BCUT2D eigenvalue weighted by Gasteiger charge is 2.44. The fourth-order valence-electron chi connectivity index (χ4n) is 4.84. The van der Waals surface area contributed by atoms with Crippen molar-refractivity contribution in [2.45, 2.75) is 63.7 Å². The molecule has 0 radical (unpaired) electrons. The minimum atomic E-state index is 0.497. The number of fused-ring (bicyclic) bond motifs is 2. The average Bonchev–Trinajstić information content (AvgIpc) is 2.91. The second-order valence-electron chi connectivity index (χ2n) is 8.03. The first-order valence-electron chi connectivity index (χ1n) is 10.3. The number of benzene rings is 2. The molecule has 2 aliphatic rings. The standard InChI is InChI=1S/C23H29N3S/c1-2-17-8-10-19(11-9-17)24-23(27)25-20-14-21-12-13-22(15-20)26(21)16-18-6-4-3-5-7-18/h3-11,20-22H,2,12-16H2,1H3,(H2,24,25,27)/p+1/t21-,22-/m1/s1. The van der Waals surface area contributed by atoms with E-state index in [1.807, 2.05) is 0 Å². The van der Waals surface area contributed by atoms with Crippen LogP contribution >= 0.6 is 12.2 Å². The molecule has 3 nitrogen and oxygen atoms in total. The van der Waals surface area contributed by atoms with Crippen LogP contribution in [0, 0.1) is 0 Å². The third-order valence-corrected chi connectivity index (χ3v) is 6.48. The van der Waals surface area contributed by atoms with Gasteiger partial charge in [0.05, 0.1) is 12.1 Å². The van der Waals surface area contributed by atoms with Crippen LogP contribution < -0.4 is 15.5 Å². The largest absolute Gasteiger partial charge is 0.359 e. The summed E-state index contributed by atoms with van der Waals surface area (Å²) in [5.41, 5.74) is 3.88. The summed E-state index contributed by atoms with van der Waals surface area (Å²) in [4.78, 5) is 1.79. The normalized spacial score (nSPS) is 26.6. The second-order valence-corrected chi connectivity index (χ2v) is 8.43. The smallest absolute Gasteiger partial charge is 0.171 e. The van der Waals surface area contributed by atoms with Gasteiger partial charge in [0.15, 0.2) is 5.11 Å². The maximum atomic E-state index is 5.58. The lowest BCUT2D eigenvalue weighted by molar-refractivity contribution is -0.954. The van der Waals surface area contributed by atoms with Crippen molar-refractivity contribution in [3.05, 3.63) is 65.7 Å². The molecular weight excluding hydrogens is 350 g/mol. The number of nitrogens with one attached hydrogen (secondary N) is 3. The molecule has 142 valence electrons. The van der Waals surface area contributed by atoms with Crippen LogP contribution in [-0.4, -0.2) is 23.2 Å². The first-order valence-corrected chi connectivity index (χ1v) is 10.7. The van der Waals surface area contributed by atoms with Crippen molar-refractivity contribution in [2.24, 2.45) is 0 Å². The lowest BCUT2D eigenvalue weighted by Gasteiger charge is -2.36. The van der Waals surface area contributed by atoms with Crippen LogP contribution in [0.1, 0.15) is 43.7 Å². The summed E-state index contributed by atoms with van der Waals surface area (Å²) in [6.45, 7) is 3.34. The summed E-state index contributed by atoms with van der Waals surface area (Å²) < 4.78 is 0. The minimum absolute atomic E-state index is 0.497. The molecule has 4 heteroatoms. The zero-order valence-electron chi connectivity index (χ0n) is 16.1. The van der Waals surface area contributed by atoms with Crippen molar-refractivity contribution in [3.63, 3.8) is 0 Å². The molecule has 2 fully saturated rings. The van der Waals surface area contributed by atoms with Crippen molar-refractivity contribution in [2.75, 3.05) is 5.32 Å². The number of rotatable bonds is 5. The molecule has 0 amide bonds. The molecule has 2 bridgehead atoms. The predicted octanol–water partition coefficient (Wildman–Crippen LogP) is 3.31. The van der Waals surface area contributed by atoms with Gasteiger partial charge in [0.1, 0.15) is 6.54 Å². The highest BCUT2D eigenvalue weighted by atomic mass is 32.1. The van der Waals surface area contributed by atoms with Gasteiger partial charge >= 0.3 is 0 Å². The Morgan fingerprint density at radius 1 is 0.963 bits per heavy atom. The second kappa shape index (κ2) is 8.41. The van der Waals surface area contributed by atoms with Crippen LogP contribution in [0.5, 0.6) is 0 Å². The molecule has 0 unspecified atom stereocenters. The number of quaternary nitrogens is 1. The monoisotopic (exact) mass is 380 g/mol. The zero-order chi connectivity index (χ0) is 18.6. The van der Waals surface area contributed by atoms with Gasteiger partial charge in [0.2, 0.25) is 0 Å². The third-order valence-electron chi connectivity index (χ3n) is 6.26. The first-order chi connectivity index (χ1) is 13.2. The molecule has 2 aliphatic heterocycles. The number of hydrogen-bond donors (Lipinski definition) is 3. The fourth-order valence-corrected chi connectivity index (χ4v) is 5.13. The Kier molecular flexibility index (Phi) is 5.74. The summed E-state index contributed by atoms with van der Waals surface area (Å²) in [5.74, 6) is 0. The van der Waals surface area contributed by atoms with E-state index in [1.165, 1.54) is 36.8 Å². The Morgan fingerprint density at radius 3 is 2.26 bits per heavy atom. The van der Waals surface area contributed by atoms with E-state index in [2.05, 4.69) is 72.2 Å². The van der Waals surface area contributed by atoms with Crippen LogP contribution in [0.25, 0.3) is 0 Å². The molecule has 0 saturated carbocycles. The lowest BCUT2D eigenvalue weighted by atomic mass is 9.96.